The number of thioether (sulfide) groups is 1. The van der Waals surface area contributed by atoms with Crippen molar-refractivity contribution in [1.82, 2.24) is 25.5 Å². The lowest BCUT2D eigenvalue weighted by Crippen LogP contribution is -2.28. The summed E-state index contributed by atoms with van der Waals surface area (Å²) in [6, 6.07) is 12.7. The van der Waals surface area contributed by atoms with Gasteiger partial charge in [0.05, 0.1) is 17.5 Å². The molecule has 1 aliphatic rings. The smallest absolute Gasteiger partial charge is 0.230 e. The largest absolute Gasteiger partial charge is 0.349 e. The van der Waals surface area contributed by atoms with E-state index < -0.39 is 0 Å². The molecule has 0 saturated heterocycles. The number of rotatable bonds is 6. The zero-order valence-corrected chi connectivity index (χ0v) is 18.5. The number of carbonyl (C=O) groups excluding carboxylic acids is 1. The Hall–Kier alpha value is -2.67. The highest BCUT2D eigenvalue weighted by Crippen LogP contribution is 2.25. The fraction of sp³-hybridized carbons (Fsp3) is 0.391. The first-order chi connectivity index (χ1) is 14.5. The first kappa shape index (κ1) is 20.6. The number of hydrogen-bond acceptors (Lipinski definition) is 5. The molecule has 0 unspecified atom stereocenters. The van der Waals surface area contributed by atoms with Crippen molar-refractivity contribution in [3.05, 3.63) is 64.2 Å². The Morgan fingerprint density at radius 2 is 1.93 bits per heavy atom. The summed E-state index contributed by atoms with van der Waals surface area (Å²) >= 11 is 1.34. The molecule has 0 saturated carbocycles. The Morgan fingerprint density at radius 1 is 1.13 bits per heavy atom. The third-order valence-electron chi connectivity index (χ3n) is 5.60. The van der Waals surface area contributed by atoms with Crippen LogP contribution in [-0.4, -0.2) is 31.9 Å². The molecule has 1 aromatic heterocycles. The van der Waals surface area contributed by atoms with Crippen LogP contribution in [-0.2, 0) is 17.6 Å². The highest BCUT2D eigenvalue weighted by atomic mass is 32.2. The molecule has 1 aliphatic carbocycles. The molecule has 4 rings (SSSR count). The van der Waals surface area contributed by atoms with E-state index in [2.05, 4.69) is 52.0 Å². The number of benzene rings is 2. The van der Waals surface area contributed by atoms with Crippen LogP contribution in [0.5, 0.6) is 0 Å². The van der Waals surface area contributed by atoms with Crippen LogP contribution < -0.4 is 5.32 Å². The summed E-state index contributed by atoms with van der Waals surface area (Å²) in [6.45, 7) is 6.12. The van der Waals surface area contributed by atoms with Crippen molar-refractivity contribution in [2.24, 2.45) is 0 Å². The normalized spacial score (nSPS) is 14.2. The fourth-order valence-corrected chi connectivity index (χ4v) is 4.68. The second kappa shape index (κ2) is 9.00. The van der Waals surface area contributed by atoms with E-state index in [1.165, 1.54) is 47.7 Å². The first-order valence-corrected chi connectivity index (χ1v) is 11.4. The molecule has 156 valence electrons. The van der Waals surface area contributed by atoms with Gasteiger partial charge in [-0.05, 0) is 85.2 Å². The van der Waals surface area contributed by atoms with E-state index in [0.717, 1.165) is 23.2 Å². The monoisotopic (exact) mass is 421 g/mol. The summed E-state index contributed by atoms with van der Waals surface area (Å²) < 4.78 is 1.69. The van der Waals surface area contributed by atoms with Crippen LogP contribution >= 0.6 is 11.8 Å². The maximum Gasteiger partial charge on any atom is 0.230 e. The van der Waals surface area contributed by atoms with Crippen molar-refractivity contribution in [2.45, 2.75) is 57.7 Å². The summed E-state index contributed by atoms with van der Waals surface area (Å²) in [5, 5.41) is 15.7. The Bertz CT molecular complexity index is 1060. The lowest BCUT2D eigenvalue weighted by molar-refractivity contribution is -0.119. The topological polar surface area (TPSA) is 72.7 Å². The second-order valence-electron chi connectivity index (χ2n) is 7.98. The Labute approximate surface area is 181 Å². The highest BCUT2D eigenvalue weighted by molar-refractivity contribution is 7.99. The summed E-state index contributed by atoms with van der Waals surface area (Å²) in [7, 11) is 0. The minimum atomic E-state index is -0.0274. The third kappa shape index (κ3) is 4.56. The van der Waals surface area contributed by atoms with Crippen LogP contribution in [0.4, 0.5) is 0 Å². The van der Waals surface area contributed by atoms with Gasteiger partial charge in [0.1, 0.15) is 0 Å². The quantitative estimate of drug-likeness (QED) is 0.606. The minimum Gasteiger partial charge on any atom is -0.349 e. The molecule has 3 aromatic rings. The molecule has 1 N–H and O–H groups in total. The van der Waals surface area contributed by atoms with Crippen molar-refractivity contribution in [1.29, 1.82) is 0 Å². The van der Waals surface area contributed by atoms with Gasteiger partial charge in [0.15, 0.2) is 0 Å². The summed E-state index contributed by atoms with van der Waals surface area (Å²) in [5.41, 5.74) is 7.26. The van der Waals surface area contributed by atoms with Crippen molar-refractivity contribution in [3.8, 4) is 5.69 Å². The van der Waals surface area contributed by atoms with Crippen molar-refractivity contribution >= 4 is 17.7 Å². The van der Waals surface area contributed by atoms with Gasteiger partial charge >= 0.3 is 0 Å². The molecule has 30 heavy (non-hydrogen) atoms. The van der Waals surface area contributed by atoms with E-state index in [4.69, 9.17) is 0 Å². The average Bonchev–Trinajstić information content (AvgIpc) is 3.20. The summed E-state index contributed by atoms with van der Waals surface area (Å²) in [4.78, 5) is 12.6. The van der Waals surface area contributed by atoms with Gasteiger partial charge in [0.2, 0.25) is 11.1 Å². The number of carbonyl (C=O) groups is 1. The number of hydrogen-bond donors (Lipinski definition) is 1. The number of nitrogens with zero attached hydrogens (tertiary/aromatic N) is 4. The first-order valence-electron chi connectivity index (χ1n) is 10.4. The van der Waals surface area contributed by atoms with E-state index in [1.54, 1.807) is 4.68 Å². The van der Waals surface area contributed by atoms with Crippen molar-refractivity contribution in [2.75, 3.05) is 5.75 Å². The Kier molecular flexibility index (Phi) is 6.18. The number of tetrazole rings is 1. The third-order valence-corrected chi connectivity index (χ3v) is 6.52. The molecule has 1 heterocycles. The van der Waals surface area contributed by atoms with E-state index in [1.807, 2.05) is 26.0 Å². The summed E-state index contributed by atoms with van der Waals surface area (Å²) in [5.74, 6) is 0.237. The van der Waals surface area contributed by atoms with Gasteiger partial charge in [0.25, 0.3) is 0 Å². The van der Waals surface area contributed by atoms with E-state index in [9.17, 15) is 4.79 Å². The molecular weight excluding hydrogens is 394 g/mol. The molecule has 0 radical (unpaired) electrons. The zero-order chi connectivity index (χ0) is 21.1. The standard InChI is InChI=1S/C23H27N5OS/c1-15-8-11-21(16(2)12-15)28-23(25-26-27-28)30-14-22(29)24-17(3)19-10-9-18-6-4-5-7-20(18)13-19/h8-13,17H,4-7,14H2,1-3H3,(H,24,29)/t17-/m1/s1. The molecule has 7 heteroatoms. The lowest BCUT2D eigenvalue weighted by Gasteiger charge is -2.20. The summed E-state index contributed by atoms with van der Waals surface area (Å²) in [6.07, 6.45) is 4.84. The van der Waals surface area contributed by atoms with Crippen LogP contribution in [0, 0.1) is 13.8 Å². The van der Waals surface area contributed by atoms with Crippen LogP contribution in [0.1, 0.15) is 53.6 Å². The lowest BCUT2D eigenvalue weighted by atomic mass is 9.89. The zero-order valence-electron chi connectivity index (χ0n) is 17.7. The van der Waals surface area contributed by atoms with E-state index >= 15 is 0 Å². The molecule has 0 fully saturated rings. The Balaban J connectivity index is 1.38. The van der Waals surface area contributed by atoms with E-state index in [0.29, 0.717) is 5.16 Å². The van der Waals surface area contributed by atoms with Crippen molar-refractivity contribution in [3.63, 3.8) is 0 Å². The Morgan fingerprint density at radius 3 is 2.73 bits per heavy atom. The van der Waals surface area contributed by atoms with Gasteiger partial charge in [-0.3, -0.25) is 4.79 Å². The molecule has 1 amide bonds. The predicted molar refractivity (Wildman–Crippen MR) is 119 cm³/mol. The minimum absolute atomic E-state index is 0.0272. The van der Waals surface area contributed by atoms with Crippen LogP contribution in [0.25, 0.3) is 5.69 Å². The van der Waals surface area contributed by atoms with Gasteiger partial charge < -0.3 is 5.32 Å². The van der Waals surface area contributed by atoms with Gasteiger partial charge in [-0.25, -0.2) is 0 Å². The predicted octanol–water partition coefficient (Wildman–Crippen LogP) is 4.13. The van der Waals surface area contributed by atoms with E-state index in [-0.39, 0.29) is 17.7 Å². The SMILES string of the molecule is Cc1ccc(-n2nnnc2SCC(=O)N[C@H](C)c2ccc3c(c2)CCCC3)c(C)c1. The van der Waals surface area contributed by atoms with Crippen LogP contribution in [0.3, 0.4) is 0 Å². The van der Waals surface area contributed by atoms with Gasteiger partial charge in [-0.15, -0.1) is 5.10 Å². The molecule has 1 atom stereocenters. The number of aromatic nitrogens is 4. The molecule has 6 nitrogen and oxygen atoms in total. The number of aryl methyl sites for hydroxylation is 4. The second-order valence-corrected chi connectivity index (χ2v) is 8.92. The molecule has 0 aliphatic heterocycles. The number of nitrogens with one attached hydrogen (secondary N) is 1. The van der Waals surface area contributed by atoms with Gasteiger partial charge in [0, 0.05) is 0 Å². The number of amides is 1. The molecular formula is C23H27N5OS. The maximum absolute atomic E-state index is 12.6. The van der Waals surface area contributed by atoms with Crippen LogP contribution in [0.2, 0.25) is 0 Å². The van der Waals surface area contributed by atoms with Crippen molar-refractivity contribution < 1.29 is 4.79 Å². The molecule has 0 bridgehead atoms. The molecule has 2 aromatic carbocycles. The number of fused-ring (bicyclic) bond motifs is 1. The van der Waals surface area contributed by atoms with Gasteiger partial charge in [-0.1, -0.05) is 47.7 Å². The van der Waals surface area contributed by atoms with Gasteiger partial charge in [-0.2, -0.15) is 4.68 Å². The average molecular weight is 422 g/mol. The fourth-order valence-electron chi connectivity index (χ4n) is 3.98. The molecule has 0 spiro atoms. The highest BCUT2D eigenvalue weighted by Gasteiger charge is 2.16. The van der Waals surface area contributed by atoms with Crippen LogP contribution in [0.15, 0.2) is 41.6 Å². The maximum atomic E-state index is 12.6.